The third kappa shape index (κ3) is 2.61. The van der Waals surface area contributed by atoms with Crippen LogP contribution in [0.3, 0.4) is 0 Å². The Bertz CT molecular complexity index is 95.9. The first-order chi connectivity index (χ1) is 3.72. The highest BCUT2D eigenvalue weighted by Crippen LogP contribution is 2.14. The second kappa shape index (κ2) is 4.26. The van der Waals surface area contributed by atoms with Crippen molar-refractivity contribution in [2.75, 3.05) is 5.88 Å². The number of alkyl halides is 3. The van der Waals surface area contributed by atoms with Crippen LogP contribution in [0.2, 0.25) is 0 Å². The lowest BCUT2D eigenvalue weighted by molar-refractivity contribution is 0.824. The first kappa shape index (κ1) is 8.36. The Kier molecular flexibility index (Phi) is 4.45. The van der Waals surface area contributed by atoms with E-state index in [1.807, 2.05) is 6.07 Å². The molecule has 0 saturated carbocycles. The number of halogens is 3. The van der Waals surface area contributed by atoms with Crippen LogP contribution in [0.4, 0.5) is 0 Å². The SMILES string of the molecule is N#CC(CCl)C(Cl)Cl. The zero-order chi connectivity index (χ0) is 6.57. The molecule has 0 aromatic heterocycles. The number of nitriles is 1. The van der Waals surface area contributed by atoms with Gasteiger partial charge in [-0.25, -0.2) is 0 Å². The molecule has 0 aliphatic carbocycles. The predicted octanol–water partition coefficient (Wildman–Crippen LogP) is 2.17. The van der Waals surface area contributed by atoms with E-state index in [-0.39, 0.29) is 5.88 Å². The van der Waals surface area contributed by atoms with E-state index < -0.39 is 10.8 Å². The molecule has 0 aromatic carbocycles. The summed E-state index contributed by atoms with van der Waals surface area (Å²) in [5.74, 6) is -0.256. The summed E-state index contributed by atoms with van der Waals surface area (Å²) in [6, 6.07) is 1.86. The average molecular weight is 172 g/mol. The van der Waals surface area contributed by atoms with Gasteiger partial charge in [0.1, 0.15) is 4.84 Å². The number of hydrogen-bond donors (Lipinski definition) is 0. The van der Waals surface area contributed by atoms with Crippen molar-refractivity contribution in [3.05, 3.63) is 0 Å². The second-order valence-corrected chi connectivity index (χ2v) is 2.70. The van der Waals surface area contributed by atoms with Gasteiger partial charge in [-0.05, 0) is 0 Å². The van der Waals surface area contributed by atoms with Crippen LogP contribution in [-0.2, 0) is 0 Å². The van der Waals surface area contributed by atoms with E-state index in [4.69, 9.17) is 40.1 Å². The lowest BCUT2D eigenvalue weighted by Gasteiger charge is -2.01. The van der Waals surface area contributed by atoms with Gasteiger partial charge in [0.25, 0.3) is 0 Å². The highest BCUT2D eigenvalue weighted by atomic mass is 35.5. The maximum Gasteiger partial charge on any atom is 0.124 e. The Morgan fingerprint density at radius 3 is 2.00 bits per heavy atom. The number of hydrogen-bond acceptors (Lipinski definition) is 1. The molecule has 1 unspecified atom stereocenters. The molecule has 1 atom stereocenters. The van der Waals surface area contributed by atoms with Gasteiger partial charge in [-0.1, -0.05) is 0 Å². The first-order valence-corrected chi connectivity index (χ1v) is 3.36. The van der Waals surface area contributed by atoms with Gasteiger partial charge >= 0.3 is 0 Å². The smallest absolute Gasteiger partial charge is 0.124 e. The van der Waals surface area contributed by atoms with Crippen molar-refractivity contribution in [3.63, 3.8) is 0 Å². The highest BCUT2D eigenvalue weighted by molar-refractivity contribution is 6.44. The van der Waals surface area contributed by atoms with Gasteiger partial charge in [-0.15, -0.1) is 34.8 Å². The molecule has 46 valence electrons. The maximum atomic E-state index is 8.19. The summed E-state index contributed by atoms with van der Waals surface area (Å²) in [5, 5.41) is 8.19. The van der Waals surface area contributed by atoms with Crippen molar-refractivity contribution in [3.8, 4) is 6.07 Å². The molecule has 0 amide bonds. The Morgan fingerprint density at radius 1 is 1.50 bits per heavy atom. The van der Waals surface area contributed by atoms with Gasteiger partial charge in [0, 0.05) is 5.88 Å². The normalized spacial score (nSPS) is 13.4. The van der Waals surface area contributed by atoms with Gasteiger partial charge < -0.3 is 0 Å². The Hall–Kier alpha value is 0.360. The molecule has 0 fully saturated rings. The summed E-state index contributed by atoms with van der Waals surface area (Å²) in [6.07, 6.45) is 0. The van der Waals surface area contributed by atoms with E-state index in [2.05, 4.69) is 0 Å². The van der Waals surface area contributed by atoms with Crippen LogP contribution in [0, 0.1) is 17.2 Å². The Balaban J connectivity index is 3.57. The van der Waals surface area contributed by atoms with Gasteiger partial charge in [-0.3, -0.25) is 0 Å². The topological polar surface area (TPSA) is 23.8 Å². The van der Waals surface area contributed by atoms with Gasteiger partial charge in [-0.2, -0.15) is 5.26 Å². The lowest BCUT2D eigenvalue weighted by atomic mass is 10.2. The van der Waals surface area contributed by atoms with Gasteiger partial charge in [0.15, 0.2) is 0 Å². The fraction of sp³-hybridized carbons (Fsp3) is 0.750. The number of nitrogens with zero attached hydrogens (tertiary/aromatic N) is 1. The minimum absolute atomic E-state index is 0.189. The third-order valence-electron chi connectivity index (χ3n) is 0.636. The van der Waals surface area contributed by atoms with Crippen molar-refractivity contribution < 1.29 is 0 Å². The van der Waals surface area contributed by atoms with Crippen molar-refractivity contribution >= 4 is 34.8 Å². The molecular formula is C4H4Cl3N. The van der Waals surface area contributed by atoms with Crippen LogP contribution in [0.25, 0.3) is 0 Å². The van der Waals surface area contributed by atoms with E-state index >= 15 is 0 Å². The molecule has 0 heterocycles. The van der Waals surface area contributed by atoms with Gasteiger partial charge in [0.2, 0.25) is 0 Å². The average Bonchev–Trinajstić information content (AvgIpc) is 1.69. The Morgan fingerprint density at radius 2 is 2.00 bits per heavy atom. The molecule has 0 saturated heterocycles. The molecule has 1 nitrogen and oxygen atoms in total. The fourth-order valence-electron chi connectivity index (χ4n) is 0.158. The van der Waals surface area contributed by atoms with Crippen LogP contribution >= 0.6 is 34.8 Å². The zero-order valence-electron chi connectivity index (χ0n) is 3.94. The Labute approximate surface area is 63.1 Å². The predicted molar refractivity (Wildman–Crippen MR) is 35.3 cm³/mol. The van der Waals surface area contributed by atoms with E-state index in [0.29, 0.717) is 0 Å². The molecule has 0 bridgehead atoms. The first-order valence-electron chi connectivity index (χ1n) is 1.96. The summed E-state index contributed by atoms with van der Waals surface area (Å²) in [5.41, 5.74) is 0. The largest absolute Gasteiger partial charge is 0.198 e. The fourth-order valence-corrected chi connectivity index (χ4v) is 0.879. The van der Waals surface area contributed by atoms with Crippen LogP contribution < -0.4 is 0 Å². The van der Waals surface area contributed by atoms with Gasteiger partial charge in [0.05, 0.1) is 12.0 Å². The van der Waals surface area contributed by atoms with E-state index in [9.17, 15) is 0 Å². The van der Waals surface area contributed by atoms with Crippen LogP contribution in [0.15, 0.2) is 0 Å². The molecule has 0 aliphatic rings. The molecular weight excluding hydrogens is 168 g/mol. The summed E-state index contributed by atoms with van der Waals surface area (Å²) >= 11 is 15.9. The van der Waals surface area contributed by atoms with Crippen LogP contribution in [-0.4, -0.2) is 10.7 Å². The van der Waals surface area contributed by atoms with Crippen LogP contribution in [0.1, 0.15) is 0 Å². The van der Waals surface area contributed by atoms with Crippen molar-refractivity contribution in [1.29, 1.82) is 5.26 Å². The van der Waals surface area contributed by atoms with Crippen molar-refractivity contribution in [1.82, 2.24) is 0 Å². The van der Waals surface area contributed by atoms with Crippen LogP contribution in [0.5, 0.6) is 0 Å². The molecule has 0 spiro atoms. The molecule has 0 aliphatic heterocycles. The summed E-state index contributed by atoms with van der Waals surface area (Å²) < 4.78 is 0. The monoisotopic (exact) mass is 171 g/mol. The minimum Gasteiger partial charge on any atom is -0.198 e. The molecule has 8 heavy (non-hydrogen) atoms. The van der Waals surface area contributed by atoms with E-state index in [1.54, 1.807) is 0 Å². The second-order valence-electron chi connectivity index (χ2n) is 1.22. The maximum absolute atomic E-state index is 8.19. The molecule has 4 heteroatoms. The standard InChI is InChI=1S/C4H4Cl3N/c5-1-3(2-8)4(6)7/h3-4H,1H2. The molecule has 0 radical (unpaired) electrons. The van der Waals surface area contributed by atoms with E-state index in [1.165, 1.54) is 0 Å². The highest BCUT2D eigenvalue weighted by Gasteiger charge is 2.13. The summed E-state index contributed by atoms with van der Waals surface area (Å²) in [7, 11) is 0. The third-order valence-corrected chi connectivity index (χ3v) is 1.58. The zero-order valence-corrected chi connectivity index (χ0v) is 6.21. The minimum atomic E-state index is -0.669. The van der Waals surface area contributed by atoms with Crippen molar-refractivity contribution in [2.24, 2.45) is 5.92 Å². The summed E-state index contributed by atoms with van der Waals surface area (Å²) in [6.45, 7) is 0. The van der Waals surface area contributed by atoms with E-state index in [0.717, 1.165) is 0 Å². The van der Waals surface area contributed by atoms with Crippen molar-refractivity contribution in [2.45, 2.75) is 4.84 Å². The number of rotatable bonds is 2. The quantitative estimate of drug-likeness (QED) is 0.586. The molecule has 0 N–H and O–H groups in total. The summed E-state index contributed by atoms with van der Waals surface area (Å²) in [4.78, 5) is -0.669. The molecule has 0 aromatic rings. The molecule has 0 rings (SSSR count). The lowest BCUT2D eigenvalue weighted by Crippen LogP contribution is -2.07.